The molecule has 0 atom stereocenters. The molecule has 1 aliphatic carbocycles. The molecule has 2 nitrogen and oxygen atoms in total. The van der Waals surface area contributed by atoms with Crippen molar-refractivity contribution in [2.75, 3.05) is 0 Å². The molecule has 236 valence electrons. The molecule has 0 aliphatic heterocycles. The van der Waals surface area contributed by atoms with E-state index < -0.39 is 0 Å². The number of unbranched alkanes of at least 4 members (excludes halogenated alkanes) is 1. The van der Waals surface area contributed by atoms with E-state index in [-0.39, 0.29) is 5.76 Å². The molecular weight excluding hydrogens is 582 g/mol. The Morgan fingerprint density at radius 1 is 0.783 bits per heavy atom. The highest BCUT2D eigenvalue weighted by atomic mass is 35.5. The zero-order chi connectivity index (χ0) is 32.0. The number of fused-ring (bicyclic) bond motifs is 1. The van der Waals surface area contributed by atoms with Crippen molar-refractivity contribution < 1.29 is 5.11 Å². The van der Waals surface area contributed by atoms with Gasteiger partial charge in [-0.25, -0.2) is 0 Å². The number of halogens is 1. The van der Waals surface area contributed by atoms with Gasteiger partial charge in [-0.2, -0.15) is 0 Å². The molecule has 46 heavy (non-hydrogen) atoms. The fraction of sp³-hybridized carbons (Fsp3) is 0.302. The van der Waals surface area contributed by atoms with Crippen molar-refractivity contribution in [3.63, 3.8) is 0 Å². The van der Waals surface area contributed by atoms with Crippen LogP contribution in [0, 0.1) is 0 Å². The lowest BCUT2D eigenvalue weighted by atomic mass is 9.81. The molecule has 1 heterocycles. The number of nitrogens with one attached hydrogen (secondary N) is 1. The molecule has 0 saturated heterocycles. The number of aliphatic hydroxyl groups is 1. The van der Waals surface area contributed by atoms with E-state index in [1.807, 2.05) is 24.3 Å². The summed E-state index contributed by atoms with van der Waals surface area (Å²) in [4.78, 5) is 3.75. The fourth-order valence-electron chi connectivity index (χ4n) is 7.24. The molecule has 0 unspecified atom stereocenters. The van der Waals surface area contributed by atoms with E-state index in [4.69, 9.17) is 11.6 Å². The summed E-state index contributed by atoms with van der Waals surface area (Å²) in [7, 11) is 0. The van der Waals surface area contributed by atoms with Crippen LogP contribution in [0.2, 0.25) is 5.02 Å². The minimum Gasteiger partial charge on any atom is -0.508 e. The number of allylic oxidation sites excluding steroid dienone is 1. The lowest BCUT2D eigenvalue weighted by Crippen LogP contribution is -2.05. The van der Waals surface area contributed by atoms with E-state index in [1.54, 1.807) is 0 Å². The summed E-state index contributed by atoms with van der Waals surface area (Å²) >= 11 is 6.23. The van der Waals surface area contributed by atoms with Crippen LogP contribution in [0.25, 0.3) is 39.0 Å². The normalized spacial score (nSPS) is 13.7. The second kappa shape index (κ2) is 14.6. The Kier molecular flexibility index (Phi) is 10.1. The van der Waals surface area contributed by atoms with Crippen LogP contribution in [-0.2, 0) is 19.3 Å². The minimum absolute atomic E-state index is 0.106. The number of aliphatic hydroxyl groups excluding tert-OH is 1. The van der Waals surface area contributed by atoms with Crippen molar-refractivity contribution in [3.8, 4) is 22.4 Å². The Bertz CT molecular complexity index is 1820. The molecule has 4 aromatic carbocycles. The predicted octanol–water partition coefficient (Wildman–Crippen LogP) is 12.8. The number of aromatic nitrogens is 1. The fourth-order valence-corrected chi connectivity index (χ4v) is 7.36. The smallest absolute Gasteiger partial charge is 0.115 e. The summed E-state index contributed by atoms with van der Waals surface area (Å²) in [5.74, 6) is 0.661. The molecule has 0 spiro atoms. The standard InChI is InChI=1S/C43H46ClNO/c1-29(2)9-7-8-10-32-16-25-39(33-20-23-38(44)24-21-33)37(27-32)19-15-31-13-17-35(18-14-31)43-42(34-11-5-4-6-12-34)40-26-22-36(30(3)46)28-41(40)45-43/h13-14,16-18,20-28,34,45-46H,1,3-12,15,19H2,2H3. The SMILES string of the molecule is C=C(C)CCCCc1ccc(-c2ccc(Cl)cc2)c(CCc2ccc(-c3[nH]c4cc(C(=C)O)ccc4c3C3CCCCC3)cc2)c1. The molecule has 1 aliphatic rings. The van der Waals surface area contributed by atoms with Gasteiger partial charge in [0.15, 0.2) is 0 Å². The van der Waals surface area contributed by atoms with Crippen LogP contribution in [0.15, 0.2) is 104 Å². The Balaban J connectivity index is 1.25. The molecule has 1 fully saturated rings. The van der Waals surface area contributed by atoms with Crippen molar-refractivity contribution in [2.24, 2.45) is 0 Å². The number of hydrogen-bond donors (Lipinski definition) is 2. The summed E-state index contributed by atoms with van der Waals surface area (Å²) in [5, 5.41) is 12.1. The summed E-state index contributed by atoms with van der Waals surface area (Å²) in [6, 6.07) is 30.6. The molecule has 1 saturated carbocycles. The van der Waals surface area contributed by atoms with Crippen molar-refractivity contribution in [1.29, 1.82) is 0 Å². The first kappa shape index (κ1) is 32.0. The van der Waals surface area contributed by atoms with Crippen LogP contribution in [0.1, 0.15) is 92.0 Å². The molecule has 3 heteroatoms. The van der Waals surface area contributed by atoms with E-state index in [9.17, 15) is 5.11 Å². The molecular formula is C43H46ClNO. The topological polar surface area (TPSA) is 36.0 Å². The van der Waals surface area contributed by atoms with Gasteiger partial charge < -0.3 is 10.1 Å². The van der Waals surface area contributed by atoms with Crippen molar-refractivity contribution in [1.82, 2.24) is 4.98 Å². The van der Waals surface area contributed by atoms with Gasteiger partial charge in [-0.15, -0.1) is 6.58 Å². The van der Waals surface area contributed by atoms with Crippen LogP contribution in [-0.4, -0.2) is 10.1 Å². The highest BCUT2D eigenvalue weighted by Gasteiger charge is 2.24. The van der Waals surface area contributed by atoms with E-state index >= 15 is 0 Å². The van der Waals surface area contributed by atoms with Gasteiger partial charge >= 0.3 is 0 Å². The third-order valence-electron chi connectivity index (χ3n) is 9.75. The Hall–Kier alpha value is -4.01. The van der Waals surface area contributed by atoms with Crippen molar-refractivity contribution in [2.45, 2.75) is 83.5 Å². The van der Waals surface area contributed by atoms with Crippen LogP contribution < -0.4 is 0 Å². The Labute approximate surface area is 279 Å². The maximum absolute atomic E-state index is 10.0. The summed E-state index contributed by atoms with van der Waals surface area (Å²) in [6.45, 7) is 9.93. The largest absolute Gasteiger partial charge is 0.508 e. The molecule has 0 radical (unpaired) electrons. The molecule has 1 aromatic heterocycles. The number of rotatable bonds is 12. The average molecular weight is 628 g/mol. The van der Waals surface area contributed by atoms with Gasteiger partial charge in [0, 0.05) is 27.2 Å². The van der Waals surface area contributed by atoms with E-state index in [0.29, 0.717) is 5.92 Å². The van der Waals surface area contributed by atoms with Crippen molar-refractivity contribution in [3.05, 3.63) is 137 Å². The zero-order valence-electron chi connectivity index (χ0n) is 27.2. The number of benzene rings is 4. The van der Waals surface area contributed by atoms with E-state index in [1.165, 1.54) is 101 Å². The number of H-pyrrole nitrogens is 1. The molecule has 0 amide bonds. The second-order valence-corrected chi connectivity index (χ2v) is 13.8. The lowest BCUT2D eigenvalue weighted by molar-refractivity contribution is 0.446. The Morgan fingerprint density at radius 3 is 2.22 bits per heavy atom. The van der Waals surface area contributed by atoms with Gasteiger partial charge in [0.1, 0.15) is 5.76 Å². The zero-order valence-corrected chi connectivity index (χ0v) is 27.9. The highest BCUT2D eigenvalue weighted by molar-refractivity contribution is 6.30. The molecule has 5 aromatic rings. The van der Waals surface area contributed by atoms with Gasteiger partial charge in [-0.05, 0) is 121 Å². The van der Waals surface area contributed by atoms with Crippen LogP contribution in [0.3, 0.4) is 0 Å². The van der Waals surface area contributed by atoms with Crippen LogP contribution >= 0.6 is 11.6 Å². The predicted molar refractivity (Wildman–Crippen MR) is 198 cm³/mol. The van der Waals surface area contributed by atoms with Gasteiger partial charge in [0.05, 0.1) is 0 Å². The monoisotopic (exact) mass is 627 g/mol. The van der Waals surface area contributed by atoms with Crippen LogP contribution in [0.4, 0.5) is 0 Å². The summed E-state index contributed by atoms with van der Waals surface area (Å²) in [6.07, 6.45) is 12.9. The van der Waals surface area contributed by atoms with Crippen LogP contribution in [0.5, 0.6) is 0 Å². The third kappa shape index (κ3) is 7.51. The lowest BCUT2D eigenvalue weighted by Gasteiger charge is -2.23. The minimum atomic E-state index is 0.106. The first-order valence-corrected chi connectivity index (χ1v) is 17.4. The quantitative estimate of drug-likeness (QED) is 0.0805. The van der Waals surface area contributed by atoms with Gasteiger partial charge in [-0.3, -0.25) is 0 Å². The number of aryl methyl sites for hydroxylation is 3. The molecule has 0 bridgehead atoms. The highest BCUT2D eigenvalue weighted by Crippen LogP contribution is 2.42. The van der Waals surface area contributed by atoms with Gasteiger partial charge in [0.25, 0.3) is 0 Å². The van der Waals surface area contributed by atoms with Crippen molar-refractivity contribution >= 4 is 28.3 Å². The number of aromatic amines is 1. The van der Waals surface area contributed by atoms with E-state index in [0.717, 1.165) is 41.8 Å². The third-order valence-corrected chi connectivity index (χ3v) is 10.0. The average Bonchev–Trinajstić information content (AvgIpc) is 3.46. The number of hydrogen-bond acceptors (Lipinski definition) is 1. The van der Waals surface area contributed by atoms with E-state index in [2.05, 4.69) is 85.7 Å². The van der Waals surface area contributed by atoms with Gasteiger partial charge in [-0.1, -0.05) is 110 Å². The second-order valence-electron chi connectivity index (χ2n) is 13.3. The molecule has 2 N–H and O–H groups in total. The molecule has 6 rings (SSSR count). The Morgan fingerprint density at radius 2 is 1.50 bits per heavy atom. The summed E-state index contributed by atoms with van der Waals surface area (Å²) < 4.78 is 0. The first-order chi connectivity index (χ1) is 22.4. The van der Waals surface area contributed by atoms with Gasteiger partial charge in [0.2, 0.25) is 0 Å². The summed E-state index contributed by atoms with van der Waals surface area (Å²) in [5.41, 5.74) is 13.6. The maximum atomic E-state index is 10.0. The maximum Gasteiger partial charge on any atom is 0.115 e. The first-order valence-electron chi connectivity index (χ1n) is 17.0.